The van der Waals surface area contributed by atoms with Crippen molar-refractivity contribution in [3.05, 3.63) is 57.4 Å². The lowest BCUT2D eigenvalue weighted by Gasteiger charge is -2.18. The molecule has 0 saturated heterocycles. The molecule has 2 rings (SSSR count). The summed E-state index contributed by atoms with van der Waals surface area (Å²) in [5.41, 5.74) is 2.30. The van der Waals surface area contributed by atoms with Crippen LogP contribution in [0.15, 0.2) is 35.2 Å². The van der Waals surface area contributed by atoms with Crippen molar-refractivity contribution in [2.75, 3.05) is 6.54 Å². The van der Waals surface area contributed by atoms with E-state index < -0.39 is 22.0 Å². The highest BCUT2D eigenvalue weighted by atomic mass is 32.2. The maximum atomic E-state index is 13.2. The van der Waals surface area contributed by atoms with Gasteiger partial charge in [-0.3, -0.25) is 14.9 Å². The Hall–Kier alpha value is -2.59. The number of nitro groups is 1. The third-order valence-corrected chi connectivity index (χ3v) is 6.97. The number of unbranched alkanes of at least 4 members (excludes halogenated alkanes) is 6. The molecule has 0 aliphatic carbocycles. The summed E-state index contributed by atoms with van der Waals surface area (Å²) in [5, 5.41) is 14.6. The van der Waals surface area contributed by atoms with Crippen LogP contribution in [-0.2, 0) is 10.0 Å². The Bertz CT molecular complexity index is 1030. The Morgan fingerprint density at radius 2 is 1.61 bits per heavy atom. The Morgan fingerprint density at radius 3 is 2.15 bits per heavy atom. The van der Waals surface area contributed by atoms with Gasteiger partial charge in [0, 0.05) is 17.0 Å². The molecule has 1 unspecified atom stereocenters. The number of rotatable bonds is 14. The molecule has 1 heterocycles. The number of aryl methyl sites for hydroxylation is 3. The van der Waals surface area contributed by atoms with Gasteiger partial charge in [0.1, 0.15) is 6.04 Å². The number of nitrogens with zero attached hydrogens (tertiary/aromatic N) is 3. The van der Waals surface area contributed by atoms with Crippen LogP contribution in [0.4, 0.5) is 0 Å². The largest absolute Gasteiger partial charge is 0.271 e. The highest BCUT2D eigenvalue weighted by molar-refractivity contribution is 7.89. The Labute approximate surface area is 195 Å². The second-order valence-corrected chi connectivity index (χ2v) is 10.2. The quantitative estimate of drug-likeness (QED) is 0.247. The molecule has 0 radical (unpaired) electrons. The molecule has 1 N–H and O–H groups in total. The monoisotopic (exact) mass is 478 g/mol. The van der Waals surface area contributed by atoms with Crippen LogP contribution in [0.1, 0.15) is 73.1 Å². The summed E-state index contributed by atoms with van der Waals surface area (Å²) in [6, 6.07) is 7.36. The zero-order valence-electron chi connectivity index (χ0n) is 19.6. The summed E-state index contributed by atoms with van der Waals surface area (Å²) >= 11 is 0. The molecular formula is C23H34N4O5S. The van der Waals surface area contributed by atoms with E-state index in [-0.39, 0.29) is 16.4 Å². The first-order valence-corrected chi connectivity index (χ1v) is 12.9. The first-order chi connectivity index (χ1) is 15.6. The van der Waals surface area contributed by atoms with E-state index in [9.17, 15) is 23.3 Å². The van der Waals surface area contributed by atoms with Crippen molar-refractivity contribution < 1.29 is 18.1 Å². The topological polar surface area (TPSA) is 124 Å². The third kappa shape index (κ3) is 8.70. The first kappa shape index (κ1) is 26.7. The van der Waals surface area contributed by atoms with Crippen molar-refractivity contribution in [1.29, 1.82) is 0 Å². The second-order valence-electron chi connectivity index (χ2n) is 8.48. The Morgan fingerprint density at radius 1 is 1.03 bits per heavy atom. The van der Waals surface area contributed by atoms with Gasteiger partial charge >= 0.3 is 0 Å². The van der Waals surface area contributed by atoms with Crippen molar-refractivity contribution in [1.82, 2.24) is 14.5 Å². The van der Waals surface area contributed by atoms with E-state index in [2.05, 4.69) is 9.82 Å². The predicted octanol–water partition coefficient (Wildman–Crippen LogP) is 4.19. The van der Waals surface area contributed by atoms with Crippen LogP contribution < -0.4 is 4.72 Å². The van der Waals surface area contributed by atoms with E-state index in [1.54, 1.807) is 32.0 Å². The lowest BCUT2D eigenvalue weighted by molar-refractivity contribution is -0.480. The van der Waals surface area contributed by atoms with Crippen LogP contribution >= 0.6 is 0 Å². The number of nitrogens with one attached hydrogen (secondary N) is 1. The summed E-state index contributed by atoms with van der Waals surface area (Å²) in [6.07, 6.45) is 6.14. The standard InChI is InChI=1S/C23H34N4O5S/c1-18-12-14-21(15-13-18)33(31,32)25-22(23(28)27-20(3)17-19(2)24-27)11-9-7-5-4-6-8-10-16-26(29)30/h12-15,17,22,25H,4-11,16H2,1-3H3. The van der Waals surface area contributed by atoms with Gasteiger partial charge in [-0.05, 0) is 51.8 Å². The molecule has 0 amide bonds. The molecule has 1 atom stereocenters. The molecule has 1 aromatic carbocycles. The number of hydrogen-bond donors (Lipinski definition) is 1. The predicted molar refractivity (Wildman–Crippen MR) is 126 cm³/mol. The number of benzene rings is 1. The fourth-order valence-corrected chi connectivity index (χ4v) is 4.90. The zero-order valence-corrected chi connectivity index (χ0v) is 20.4. The number of carbonyl (C=O) groups is 1. The van der Waals surface area contributed by atoms with E-state index in [0.29, 0.717) is 30.7 Å². The summed E-state index contributed by atoms with van der Waals surface area (Å²) in [6.45, 7) is 5.44. The van der Waals surface area contributed by atoms with Gasteiger partial charge in [0.05, 0.1) is 10.6 Å². The zero-order chi connectivity index (χ0) is 24.4. The first-order valence-electron chi connectivity index (χ1n) is 11.4. The van der Waals surface area contributed by atoms with E-state index >= 15 is 0 Å². The molecule has 0 saturated carbocycles. The van der Waals surface area contributed by atoms with Crippen LogP contribution in [0.2, 0.25) is 0 Å². The highest BCUT2D eigenvalue weighted by Crippen LogP contribution is 2.16. The maximum Gasteiger partial charge on any atom is 0.265 e. The van der Waals surface area contributed by atoms with E-state index in [0.717, 1.165) is 37.7 Å². The minimum Gasteiger partial charge on any atom is -0.271 e. The molecule has 0 spiro atoms. The minimum absolute atomic E-state index is 0.0111. The van der Waals surface area contributed by atoms with Crippen molar-refractivity contribution in [3.63, 3.8) is 0 Å². The fourth-order valence-electron chi connectivity index (χ4n) is 3.68. The molecule has 0 aliphatic rings. The number of carbonyl (C=O) groups excluding carboxylic acids is 1. The van der Waals surface area contributed by atoms with Crippen molar-refractivity contribution >= 4 is 15.9 Å². The van der Waals surface area contributed by atoms with Gasteiger partial charge in [-0.25, -0.2) is 13.1 Å². The van der Waals surface area contributed by atoms with Crippen LogP contribution in [0.3, 0.4) is 0 Å². The van der Waals surface area contributed by atoms with E-state index in [4.69, 9.17) is 0 Å². The normalized spacial score (nSPS) is 12.6. The summed E-state index contributed by atoms with van der Waals surface area (Å²) in [7, 11) is -3.87. The highest BCUT2D eigenvalue weighted by Gasteiger charge is 2.28. The van der Waals surface area contributed by atoms with Crippen LogP contribution in [0.25, 0.3) is 0 Å². The van der Waals surface area contributed by atoms with Gasteiger partial charge < -0.3 is 0 Å². The van der Waals surface area contributed by atoms with Gasteiger partial charge in [0.2, 0.25) is 16.6 Å². The van der Waals surface area contributed by atoms with Gasteiger partial charge in [-0.1, -0.05) is 49.8 Å². The molecule has 2 aromatic rings. The van der Waals surface area contributed by atoms with Gasteiger partial charge in [0.15, 0.2) is 0 Å². The van der Waals surface area contributed by atoms with Crippen molar-refractivity contribution in [3.8, 4) is 0 Å². The maximum absolute atomic E-state index is 13.2. The third-order valence-electron chi connectivity index (χ3n) is 5.48. The average molecular weight is 479 g/mol. The lowest BCUT2D eigenvalue weighted by Crippen LogP contribution is -2.43. The van der Waals surface area contributed by atoms with Crippen LogP contribution in [0, 0.1) is 30.9 Å². The smallest absolute Gasteiger partial charge is 0.265 e. The molecule has 0 bridgehead atoms. The molecule has 10 heteroatoms. The van der Waals surface area contributed by atoms with Crippen molar-refractivity contribution in [2.24, 2.45) is 0 Å². The summed E-state index contributed by atoms with van der Waals surface area (Å²) in [4.78, 5) is 23.3. The fraction of sp³-hybridized carbons (Fsp3) is 0.565. The molecule has 0 fully saturated rings. The Kier molecular flexibility index (Phi) is 10.2. The molecular weight excluding hydrogens is 444 g/mol. The van der Waals surface area contributed by atoms with Gasteiger partial charge in [-0.2, -0.15) is 9.82 Å². The molecule has 1 aromatic heterocycles. The van der Waals surface area contributed by atoms with Gasteiger partial charge in [0.25, 0.3) is 5.91 Å². The molecule has 0 aliphatic heterocycles. The summed E-state index contributed by atoms with van der Waals surface area (Å²) in [5.74, 6) is -0.393. The van der Waals surface area contributed by atoms with Gasteiger partial charge in [-0.15, -0.1) is 0 Å². The van der Waals surface area contributed by atoms with Crippen LogP contribution in [-0.4, -0.2) is 41.6 Å². The molecule has 182 valence electrons. The average Bonchev–Trinajstić information content (AvgIpc) is 3.09. The molecule has 9 nitrogen and oxygen atoms in total. The van der Waals surface area contributed by atoms with Crippen molar-refractivity contribution in [2.45, 2.75) is 83.1 Å². The second kappa shape index (κ2) is 12.6. The Balaban J connectivity index is 1.98. The summed E-state index contributed by atoms with van der Waals surface area (Å²) < 4.78 is 29.7. The van der Waals surface area contributed by atoms with E-state index in [1.165, 1.54) is 16.8 Å². The minimum atomic E-state index is -3.87. The number of sulfonamides is 1. The van der Waals surface area contributed by atoms with Crippen LogP contribution in [0.5, 0.6) is 0 Å². The SMILES string of the molecule is Cc1ccc(S(=O)(=O)NC(CCCCCCCCC[N+](=O)[O-])C(=O)n2nc(C)cc2C)cc1. The number of aromatic nitrogens is 2. The molecule has 33 heavy (non-hydrogen) atoms. The lowest BCUT2D eigenvalue weighted by atomic mass is 10.0. The number of hydrogen-bond acceptors (Lipinski definition) is 6. The van der Waals surface area contributed by atoms with E-state index in [1.807, 2.05) is 6.92 Å².